The highest BCUT2D eigenvalue weighted by atomic mass is 31.2. The molecule has 0 saturated carbocycles. The molecule has 6 atom stereocenters. The van der Waals surface area contributed by atoms with E-state index in [-0.39, 0.29) is 12.1 Å². The molecule has 1 radical (unpaired) electrons. The summed E-state index contributed by atoms with van der Waals surface area (Å²) in [6.07, 6.45) is -6.85. The van der Waals surface area contributed by atoms with Crippen LogP contribution in [0.4, 0.5) is 5.69 Å². The summed E-state index contributed by atoms with van der Waals surface area (Å²) in [7, 11) is -2.62. The Bertz CT molecular complexity index is 634. The van der Waals surface area contributed by atoms with E-state index in [1.165, 1.54) is 14.0 Å². The van der Waals surface area contributed by atoms with Crippen molar-refractivity contribution in [2.75, 3.05) is 19.0 Å². The van der Waals surface area contributed by atoms with Crippen LogP contribution in [0, 0.1) is 0 Å². The van der Waals surface area contributed by atoms with Gasteiger partial charge in [0, 0.05) is 29.2 Å². The number of aliphatic hydroxyl groups is 3. The van der Waals surface area contributed by atoms with Crippen molar-refractivity contribution in [3.8, 4) is 0 Å². The van der Waals surface area contributed by atoms with Crippen LogP contribution >= 0.6 is 7.94 Å². The van der Waals surface area contributed by atoms with E-state index in [9.17, 15) is 25.0 Å². The summed E-state index contributed by atoms with van der Waals surface area (Å²) in [6.45, 7) is 0.817. The van der Waals surface area contributed by atoms with E-state index in [2.05, 4.69) is 11.2 Å². The van der Waals surface area contributed by atoms with E-state index in [0.717, 1.165) is 0 Å². The smallest absolute Gasteiger partial charge is 0.394 e. The number of benzene rings is 1. The van der Waals surface area contributed by atoms with E-state index >= 15 is 0 Å². The molecule has 0 aromatic heterocycles. The van der Waals surface area contributed by atoms with Crippen LogP contribution in [0.5, 0.6) is 0 Å². The van der Waals surface area contributed by atoms with E-state index < -0.39 is 45.3 Å². The van der Waals surface area contributed by atoms with E-state index in [1.54, 1.807) is 24.3 Å². The van der Waals surface area contributed by atoms with Gasteiger partial charge in [0.15, 0.2) is 18.6 Å². The number of hydrogen-bond acceptors (Lipinski definition) is 8. The highest BCUT2D eigenvalue weighted by molar-refractivity contribution is 7.59. The van der Waals surface area contributed by atoms with Gasteiger partial charge in [0.2, 0.25) is 5.91 Å². The minimum Gasteiger partial charge on any atom is -0.394 e. The van der Waals surface area contributed by atoms with Gasteiger partial charge in [-0.15, -0.1) is 0 Å². The lowest BCUT2D eigenvalue weighted by molar-refractivity contribution is -0.644. The number of methoxy groups -OCH3 is 1. The molecule has 1 heterocycles. The topological polar surface area (TPSA) is 174 Å². The number of carbonyl (C=O) groups excluding carboxylic acids is 1. The third-order valence-corrected chi connectivity index (χ3v) is 5.89. The second-order valence-electron chi connectivity index (χ2n) is 6.29. The zero-order valence-electron chi connectivity index (χ0n) is 15.6. The highest BCUT2D eigenvalue weighted by Gasteiger charge is 2.57. The maximum absolute atomic E-state index is 13.0. The minimum atomic E-state index is -3.89. The lowest BCUT2D eigenvalue weighted by Crippen LogP contribution is -2.60. The molecule has 0 spiro atoms. The van der Waals surface area contributed by atoms with Crippen LogP contribution in [0.3, 0.4) is 0 Å². The Hall–Kier alpha value is -1.24. The molecule has 2 rings (SSSR count). The number of quaternary nitrogens is 1. The molecule has 28 heavy (non-hydrogen) atoms. The summed E-state index contributed by atoms with van der Waals surface area (Å²) in [4.78, 5) is 24.1. The molecule has 1 aromatic carbocycles. The molecule has 1 aliphatic heterocycles. The number of carbonyl (C=O) groups is 1. The van der Waals surface area contributed by atoms with E-state index in [1.807, 2.05) is 0 Å². The average molecular weight is 421 g/mol. The van der Waals surface area contributed by atoms with Crippen LogP contribution in [0.1, 0.15) is 12.5 Å². The zero-order valence-corrected chi connectivity index (χ0v) is 16.5. The largest absolute Gasteiger partial charge is 0.523 e. The van der Waals surface area contributed by atoms with Crippen molar-refractivity contribution in [2.45, 2.75) is 43.8 Å². The summed E-state index contributed by atoms with van der Waals surface area (Å²) in [5.41, 5.74) is 1.12. The van der Waals surface area contributed by atoms with Gasteiger partial charge in [-0.1, -0.05) is 12.1 Å². The Balaban J connectivity index is 2.14. The molecule has 7 N–H and O–H groups in total. The van der Waals surface area contributed by atoms with Gasteiger partial charge in [0.1, 0.15) is 18.3 Å². The van der Waals surface area contributed by atoms with Gasteiger partial charge in [-0.25, -0.2) is 0 Å². The van der Waals surface area contributed by atoms with Gasteiger partial charge in [-0.2, -0.15) is 10.4 Å². The zero-order chi connectivity index (χ0) is 20.9. The standard InChI is InChI=1S/C16H25N2O9P/c1-9(20)18-11-5-3-10(4-6-11)8-28(23,27-17)26-15-13(21)12(7-19)25-16(24-2)14(15)22/h3-6,12-16,19,21-22H,7-8H2,1-2,17H3/q+1/p+1/t12-,13+,14-,15+,16-,28?/m1/s1. The molecule has 1 fully saturated rings. The SMILES string of the molecule is CO[C@@H]1O[C@H](CO)[C@H](O)[C@H](O[P+]([O])(Cc2ccc(NC(C)=O)cc2)O[NH3+])[C@H]1O. The molecular formula is C16H26N2O9P+2. The van der Waals surface area contributed by atoms with Gasteiger partial charge in [0.25, 0.3) is 0 Å². The van der Waals surface area contributed by atoms with Crippen LogP contribution in [0.15, 0.2) is 24.3 Å². The highest BCUT2D eigenvalue weighted by Crippen LogP contribution is 2.60. The molecule has 1 unspecified atom stereocenters. The Labute approximate surface area is 162 Å². The monoisotopic (exact) mass is 421 g/mol. The van der Waals surface area contributed by atoms with Crippen molar-refractivity contribution in [2.24, 2.45) is 0 Å². The van der Waals surface area contributed by atoms with E-state index in [0.29, 0.717) is 11.3 Å². The molecule has 12 heteroatoms. The quantitative estimate of drug-likeness (QED) is 0.262. The maximum atomic E-state index is 13.0. The number of nitrogens with one attached hydrogen (secondary N) is 1. The first kappa shape index (κ1) is 23.0. The molecule has 1 aromatic rings. The predicted molar refractivity (Wildman–Crippen MR) is 95.7 cm³/mol. The fourth-order valence-corrected chi connectivity index (χ4v) is 4.30. The first-order chi connectivity index (χ1) is 13.2. The normalized spacial score (nSPS) is 29.9. The summed E-state index contributed by atoms with van der Waals surface area (Å²) < 4.78 is 20.5. The fraction of sp³-hybridized carbons (Fsp3) is 0.562. The van der Waals surface area contributed by atoms with Crippen molar-refractivity contribution in [3.63, 3.8) is 0 Å². The number of anilines is 1. The number of ether oxygens (including phenoxy) is 2. The molecule has 0 aliphatic carbocycles. The van der Waals surface area contributed by atoms with Gasteiger partial charge >= 0.3 is 7.94 Å². The van der Waals surface area contributed by atoms with Crippen LogP contribution in [0.25, 0.3) is 0 Å². The summed E-state index contributed by atoms with van der Waals surface area (Å²) >= 11 is 0. The second-order valence-corrected chi connectivity index (χ2v) is 8.30. The maximum Gasteiger partial charge on any atom is 0.523 e. The molecule has 11 nitrogen and oxygen atoms in total. The third kappa shape index (κ3) is 5.65. The average Bonchev–Trinajstić information content (AvgIpc) is 2.66. The van der Waals surface area contributed by atoms with Gasteiger partial charge in [-0.05, 0) is 17.7 Å². The molecular weight excluding hydrogens is 395 g/mol. The number of hydrogen-bond donors (Lipinski definition) is 5. The van der Waals surface area contributed by atoms with Crippen molar-refractivity contribution in [1.29, 1.82) is 0 Å². The Morgan fingerprint density at radius 2 is 1.93 bits per heavy atom. The molecule has 0 bridgehead atoms. The Kier molecular flexibility index (Phi) is 8.22. The number of aliphatic hydroxyl groups excluding tert-OH is 3. The summed E-state index contributed by atoms with van der Waals surface area (Å²) in [5, 5.41) is 32.5. The van der Waals surface area contributed by atoms with Crippen molar-refractivity contribution >= 4 is 19.5 Å². The van der Waals surface area contributed by atoms with Crippen LogP contribution in [0.2, 0.25) is 0 Å². The fourth-order valence-electron chi connectivity index (χ4n) is 2.79. The molecule has 157 valence electrons. The second kappa shape index (κ2) is 9.99. The minimum absolute atomic E-state index is 0.199. The van der Waals surface area contributed by atoms with Crippen molar-refractivity contribution < 1.29 is 49.5 Å². The van der Waals surface area contributed by atoms with Gasteiger partial charge in [0.05, 0.1) is 6.61 Å². The van der Waals surface area contributed by atoms with Crippen LogP contribution in [-0.4, -0.2) is 65.6 Å². The summed E-state index contributed by atoms with van der Waals surface area (Å²) in [6, 6.07) is 6.47. The molecule has 1 amide bonds. The van der Waals surface area contributed by atoms with Gasteiger partial charge < -0.3 is 30.1 Å². The Morgan fingerprint density at radius 3 is 2.43 bits per heavy atom. The number of rotatable bonds is 8. The first-order valence-electron chi connectivity index (χ1n) is 8.46. The van der Waals surface area contributed by atoms with Crippen molar-refractivity contribution in [3.05, 3.63) is 29.8 Å². The van der Waals surface area contributed by atoms with Gasteiger partial charge in [-0.3, -0.25) is 4.79 Å². The number of amides is 1. The van der Waals surface area contributed by atoms with Crippen LogP contribution in [-0.2, 0) is 34.5 Å². The molecule has 1 aliphatic rings. The lowest BCUT2D eigenvalue weighted by Gasteiger charge is -2.40. The van der Waals surface area contributed by atoms with E-state index in [4.69, 9.17) is 18.6 Å². The van der Waals surface area contributed by atoms with Crippen molar-refractivity contribution in [1.82, 2.24) is 0 Å². The van der Waals surface area contributed by atoms with Crippen LogP contribution < -0.4 is 11.2 Å². The Morgan fingerprint density at radius 1 is 1.29 bits per heavy atom. The predicted octanol–water partition coefficient (Wildman–Crippen LogP) is -1.02. The first-order valence-corrected chi connectivity index (χ1v) is 10.2. The summed E-state index contributed by atoms with van der Waals surface area (Å²) in [5.74, 6) is 2.96. The third-order valence-electron chi connectivity index (χ3n) is 4.18. The molecule has 1 saturated heterocycles. The lowest BCUT2D eigenvalue weighted by atomic mass is 9.99.